The van der Waals surface area contributed by atoms with Crippen molar-refractivity contribution in [1.29, 1.82) is 0 Å². The van der Waals surface area contributed by atoms with Crippen LogP contribution < -0.4 is 15.8 Å². The van der Waals surface area contributed by atoms with Gasteiger partial charge in [0.2, 0.25) is 15.9 Å². The summed E-state index contributed by atoms with van der Waals surface area (Å²) in [5, 5.41) is 2.83. The number of likely N-dealkylation sites (N-methyl/N-ethyl adjacent to an activating group) is 1. The summed E-state index contributed by atoms with van der Waals surface area (Å²) in [6.45, 7) is 3.01. The third-order valence-electron chi connectivity index (χ3n) is 4.15. The van der Waals surface area contributed by atoms with Crippen LogP contribution in [0.15, 0.2) is 59.5 Å². The minimum absolute atomic E-state index is 0.0776. The molecular formula is C19H26N4O3S. The Morgan fingerprint density at radius 3 is 2.48 bits per heavy atom. The molecule has 0 bridgehead atoms. The smallest absolute Gasteiger partial charge is 0.246 e. The van der Waals surface area contributed by atoms with Crippen molar-refractivity contribution in [3.63, 3.8) is 0 Å². The van der Waals surface area contributed by atoms with Crippen molar-refractivity contribution in [2.75, 3.05) is 32.0 Å². The molecule has 0 radical (unpaired) electrons. The zero-order valence-corrected chi connectivity index (χ0v) is 16.4. The molecule has 0 aliphatic heterocycles. The highest BCUT2D eigenvalue weighted by molar-refractivity contribution is 7.89. The third-order valence-corrected chi connectivity index (χ3v) is 5.61. The van der Waals surface area contributed by atoms with Crippen molar-refractivity contribution < 1.29 is 13.2 Å². The molecule has 27 heavy (non-hydrogen) atoms. The average Bonchev–Trinajstić information content (AvgIpc) is 2.67. The SMILES string of the molecule is CCN(C)C(C(=O)Nc1cccc(S(=O)(=O)NCCN)c1)c1ccccc1. The van der Waals surface area contributed by atoms with E-state index in [2.05, 4.69) is 10.0 Å². The van der Waals surface area contributed by atoms with Crippen molar-refractivity contribution in [2.24, 2.45) is 5.73 Å². The summed E-state index contributed by atoms with van der Waals surface area (Å²) in [5.41, 5.74) is 6.64. The molecule has 0 aliphatic rings. The molecule has 1 atom stereocenters. The zero-order chi connectivity index (χ0) is 19.9. The molecule has 7 nitrogen and oxygen atoms in total. The number of amides is 1. The van der Waals surface area contributed by atoms with Gasteiger partial charge in [0.1, 0.15) is 6.04 Å². The van der Waals surface area contributed by atoms with Gasteiger partial charge in [-0.25, -0.2) is 13.1 Å². The van der Waals surface area contributed by atoms with E-state index in [4.69, 9.17) is 5.73 Å². The van der Waals surface area contributed by atoms with Crippen LogP contribution in [0.5, 0.6) is 0 Å². The molecule has 0 heterocycles. The lowest BCUT2D eigenvalue weighted by Crippen LogP contribution is -2.34. The maximum absolute atomic E-state index is 12.9. The van der Waals surface area contributed by atoms with Gasteiger partial charge < -0.3 is 11.1 Å². The van der Waals surface area contributed by atoms with Crippen LogP contribution in [0.25, 0.3) is 0 Å². The van der Waals surface area contributed by atoms with Crippen LogP contribution in [0.1, 0.15) is 18.5 Å². The maximum Gasteiger partial charge on any atom is 0.246 e. The van der Waals surface area contributed by atoms with Crippen molar-refractivity contribution in [3.8, 4) is 0 Å². The van der Waals surface area contributed by atoms with E-state index in [1.807, 2.05) is 49.2 Å². The largest absolute Gasteiger partial charge is 0.329 e. The van der Waals surface area contributed by atoms with Gasteiger partial charge >= 0.3 is 0 Å². The molecule has 0 saturated heterocycles. The molecule has 4 N–H and O–H groups in total. The van der Waals surface area contributed by atoms with Crippen molar-refractivity contribution in [2.45, 2.75) is 17.9 Å². The van der Waals surface area contributed by atoms with Crippen LogP contribution in [-0.4, -0.2) is 45.9 Å². The Morgan fingerprint density at radius 1 is 1.15 bits per heavy atom. The molecule has 0 fully saturated rings. The van der Waals surface area contributed by atoms with E-state index in [-0.39, 0.29) is 23.9 Å². The zero-order valence-electron chi connectivity index (χ0n) is 15.6. The van der Waals surface area contributed by atoms with Crippen LogP contribution in [-0.2, 0) is 14.8 Å². The summed E-state index contributed by atoms with van der Waals surface area (Å²) in [6.07, 6.45) is 0. The fourth-order valence-corrected chi connectivity index (χ4v) is 3.75. The fourth-order valence-electron chi connectivity index (χ4n) is 2.65. The summed E-state index contributed by atoms with van der Waals surface area (Å²) < 4.78 is 26.9. The minimum Gasteiger partial charge on any atom is -0.329 e. The number of carbonyl (C=O) groups excluding carboxylic acids is 1. The van der Waals surface area contributed by atoms with Crippen LogP contribution in [0.2, 0.25) is 0 Å². The van der Waals surface area contributed by atoms with E-state index in [9.17, 15) is 13.2 Å². The molecular weight excluding hydrogens is 364 g/mol. The van der Waals surface area contributed by atoms with Crippen molar-refractivity contribution in [3.05, 3.63) is 60.2 Å². The molecule has 2 aromatic rings. The molecule has 8 heteroatoms. The van der Waals surface area contributed by atoms with Crippen LogP contribution >= 0.6 is 0 Å². The first-order valence-electron chi connectivity index (χ1n) is 8.75. The summed E-state index contributed by atoms with van der Waals surface area (Å²) in [5.74, 6) is -0.227. The molecule has 146 valence electrons. The second-order valence-corrected chi connectivity index (χ2v) is 7.86. The number of benzene rings is 2. The first-order chi connectivity index (χ1) is 12.9. The molecule has 0 saturated carbocycles. The molecule has 0 spiro atoms. The highest BCUT2D eigenvalue weighted by atomic mass is 32.2. The summed E-state index contributed by atoms with van der Waals surface area (Å²) in [6, 6.07) is 15.1. The second kappa shape index (κ2) is 9.61. The van der Waals surface area contributed by atoms with Gasteiger partial charge in [0.25, 0.3) is 0 Å². The maximum atomic E-state index is 12.9. The summed E-state index contributed by atoms with van der Waals surface area (Å²) >= 11 is 0. The van der Waals surface area contributed by atoms with E-state index >= 15 is 0 Å². The lowest BCUT2D eigenvalue weighted by Gasteiger charge is -2.26. The van der Waals surface area contributed by atoms with Crippen LogP contribution in [0, 0.1) is 0 Å². The number of nitrogens with zero attached hydrogens (tertiary/aromatic N) is 1. The minimum atomic E-state index is -3.67. The Labute approximate surface area is 160 Å². The highest BCUT2D eigenvalue weighted by Crippen LogP contribution is 2.22. The Morgan fingerprint density at radius 2 is 1.85 bits per heavy atom. The first kappa shape index (κ1) is 21.0. The average molecular weight is 391 g/mol. The van der Waals surface area contributed by atoms with E-state index in [0.717, 1.165) is 5.56 Å². The molecule has 2 aromatic carbocycles. The Kier molecular flexibility index (Phi) is 7.49. The second-order valence-electron chi connectivity index (χ2n) is 6.09. The number of carbonyl (C=O) groups is 1. The quantitative estimate of drug-likeness (QED) is 0.603. The first-order valence-corrected chi connectivity index (χ1v) is 10.2. The molecule has 0 aromatic heterocycles. The fraction of sp³-hybridized carbons (Fsp3) is 0.316. The molecule has 2 rings (SSSR count). The lowest BCUT2D eigenvalue weighted by molar-refractivity contribution is -0.121. The normalized spacial score (nSPS) is 12.7. The Balaban J connectivity index is 2.24. The lowest BCUT2D eigenvalue weighted by atomic mass is 10.0. The number of hydrogen-bond acceptors (Lipinski definition) is 5. The van der Waals surface area contributed by atoms with Crippen molar-refractivity contribution in [1.82, 2.24) is 9.62 Å². The van der Waals surface area contributed by atoms with E-state index in [1.165, 1.54) is 12.1 Å². The van der Waals surface area contributed by atoms with Crippen LogP contribution in [0.4, 0.5) is 5.69 Å². The molecule has 1 unspecified atom stereocenters. The van der Waals surface area contributed by atoms with Gasteiger partial charge in [-0.2, -0.15) is 0 Å². The number of anilines is 1. The van der Waals surface area contributed by atoms with E-state index in [1.54, 1.807) is 12.1 Å². The van der Waals surface area contributed by atoms with Gasteiger partial charge in [-0.3, -0.25) is 9.69 Å². The number of nitrogens with one attached hydrogen (secondary N) is 2. The third kappa shape index (κ3) is 5.61. The molecule has 0 aliphatic carbocycles. The van der Waals surface area contributed by atoms with Crippen molar-refractivity contribution >= 4 is 21.6 Å². The predicted molar refractivity (Wildman–Crippen MR) is 107 cm³/mol. The summed E-state index contributed by atoms with van der Waals surface area (Å²) in [4.78, 5) is 14.9. The number of nitrogens with two attached hydrogens (primary N) is 1. The van der Waals surface area contributed by atoms with Gasteiger partial charge in [-0.05, 0) is 37.4 Å². The van der Waals surface area contributed by atoms with Crippen LogP contribution in [0.3, 0.4) is 0 Å². The summed E-state index contributed by atoms with van der Waals surface area (Å²) in [7, 11) is -1.80. The van der Waals surface area contributed by atoms with E-state index in [0.29, 0.717) is 12.2 Å². The highest BCUT2D eigenvalue weighted by Gasteiger charge is 2.24. The Bertz CT molecular complexity index is 856. The monoisotopic (exact) mass is 390 g/mol. The number of hydrogen-bond donors (Lipinski definition) is 3. The number of rotatable bonds is 9. The Hall–Kier alpha value is -2.26. The van der Waals surface area contributed by atoms with Gasteiger partial charge in [0.05, 0.1) is 4.90 Å². The molecule has 1 amide bonds. The number of sulfonamides is 1. The van der Waals surface area contributed by atoms with Gasteiger partial charge in [0.15, 0.2) is 0 Å². The predicted octanol–water partition coefficient (Wildman–Crippen LogP) is 1.56. The van der Waals surface area contributed by atoms with Gasteiger partial charge in [0, 0.05) is 18.8 Å². The standard InChI is InChI=1S/C19H26N4O3S/c1-3-23(2)18(15-8-5-4-6-9-15)19(24)22-16-10-7-11-17(14-16)27(25,26)21-13-12-20/h4-11,14,18,21H,3,12-13,20H2,1-2H3,(H,22,24). The topological polar surface area (TPSA) is 105 Å². The van der Waals surface area contributed by atoms with Gasteiger partial charge in [-0.15, -0.1) is 0 Å². The van der Waals surface area contributed by atoms with E-state index < -0.39 is 16.1 Å². The van der Waals surface area contributed by atoms with Gasteiger partial charge in [-0.1, -0.05) is 43.3 Å².